The van der Waals surface area contributed by atoms with Crippen LogP contribution in [0.4, 0.5) is 0 Å². The van der Waals surface area contributed by atoms with Crippen LogP contribution in [-0.4, -0.2) is 32.3 Å². The van der Waals surface area contributed by atoms with Gasteiger partial charge in [-0.25, -0.2) is 4.98 Å². The van der Waals surface area contributed by atoms with Crippen LogP contribution in [0.15, 0.2) is 6.20 Å². The van der Waals surface area contributed by atoms with Crippen molar-refractivity contribution in [3.8, 4) is 0 Å². The van der Waals surface area contributed by atoms with Crippen LogP contribution in [0, 0.1) is 5.41 Å². The van der Waals surface area contributed by atoms with Crippen LogP contribution in [0.5, 0.6) is 0 Å². The van der Waals surface area contributed by atoms with E-state index in [-0.39, 0.29) is 11.3 Å². The van der Waals surface area contributed by atoms with Crippen molar-refractivity contribution in [2.24, 2.45) is 7.05 Å². The molecule has 0 atom stereocenters. The zero-order chi connectivity index (χ0) is 12.7. The van der Waals surface area contributed by atoms with Crippen molar-refractivity contribution in [1.82, 2.24) is 19.1 Å². The first-order chi connectivity index (χ1) is 8.68. The van der Waals surface area contributed by atoms with Crippen molar-refractivity contribution in [2.45, 2.75) is 18.9 Å². The molecule has 3 heterocycles. The maximum atomic E-state index is 8.20. The molecule has 0 aromatic carbocycles. The van der Waals surface area contributed by atoms with E-state index in [0.29, 0.717) is 5.62 Å². The molecule has 0 bridgehead atoms. The lowest BCUT2D eigenvalue weighted by molar-refractivity contribution is 0.0691. The molecule has 0 unspecified atom stereocenters. The maximum absolute atomic E-state index is 8.20. The van der Waals surface area contributed by atoms with E-state index >= 15 is 0 Å². The Morgan fingerprint density at radius 2 is 2.17 bits per heavy atom. The van der Waals surface area contributed by atoms with E-state index in [1.54, 1.807) is 10.8 Å². The Kier molecular flexibility index (Phi) is 2.83. The molecule has 2 aromatic heterocycles. The Balaban J connectivity index is 2.23. The highest BCUT2D eigenvalue weighted by Crippen LogP contribution is 2.23. The SMILES string of the molecule is Cn1c(=N)n(C2CCOCC2)c2nc(Cl)ncc21. The number of aryl methyl sites for hydroxylation is 1. The predicted molar refractivity (Wildman–Crippen MR) is 66.5 cm³/mol. The van der Waals surface area contributed by atoms with Crippen molar-refractivity contribution < 1.29 is 4.74 Å². The van der Waals surface area contributed by atoms with E-state index in [2.05, 4.69) is 9.97 Å². The van der Waals surface area contributed by atoms with E-state index in [1.165, 1.54) is 0 Å². The largest absolute Gasteiger partial charge is 0.381 e. The highest BCUT2D eigenvalue weighted by molar-refractivity contribution is 6.28. The van der Waals surface area contributed by atoms with Crippen LogP contribution in [0.3, 0.4) is 0 Å². The Morgan fingerprint density at radius 3 is 2.89 bits per heavy atom. The van der Waals surface area contributed by atoms with Gasteiger partial charge in [0, 0.05) is 26.3 Å². The number of hydrogen-bond donors (Lipinski definition) is 1. The molecule has 0 spiro atoms. The highest BCUT2D eigenvalue weighted by Gasteiger charge is 2.21. The second-order valence-electron chi connectivity index (χ2n) is 4.44. The fourth-order valence-corrected chi connectivity index (χ4v) is 2.55. The number of hydrogen-bond acceptors (Lipinski definition) is 4. The fourth-order valence-electron chi connectivity index (χ4n) is 2.42. The van der Waals surface area contributed by atoms with E-state index in [9.17, 15) is 0 Å². The van der Waals surface area contributed by atoms with Gasteiger partial charge in [0.2, 0.25) is 10.9 Å². The van der Waals surface area contributed by atoms with Crippen molar-refractivity contribution in [3.05, 3.63) is 17.1 Å². The third kappa shape index (κ3) is 1.72. The Morgan fingerprint density at radius 1 is 1.44 bits per heavy atom. The zero-order valence-electron chi connectivity index (χ0n) is 10.1. The van der Waals surface area contributed by atoms with Gasteiger partial charge in [-0.15, -0.1) is 0 Å². The van der Waals surface area contributed by atoms with Crippen LogP contribution in [0.2, 0.25) is 5.28 Å². The van der Waals surface area contributed by atoms with Gasteiger partial charge in [0.25, 0.3) is 0 Å². The van der Waals surface area contributed by atoms with Gasteiger partial charge >= 0.3 is 0 Å². The van der Waals surface area contributed by atoms with E-state index in [4.69, 9.17) is 21.7 Å². The van der Waals surface area contributed by atoms with Gasteiger partial charge in [0.1, 0.15) is 5.52 Å². The fraction of sp³-hybridized carbons (Fsp3) is 0.545. The topological polar surface area (TPSA) is 68.7 Å². The molecule has 1 aliphatic rings. The third-order valence-electron chi connectivity index (χ3n) is 3.41. The van der Waals surface area contributed by atoms with Crippen LogP contribution >= 0.6 is 11.6 Å². The number of nitrogens with zero attached hydrogens (tertiary/aromatic N) is 4. The van der Waals surface area contributed by atoms with Crippen LogP contribution in [0.1, 0.15) is 18.9 Å². The normalized spacial score (nSPS) is 17.4. The van der Waals surface area contributed by atoms with Crippen LogP contribution in [0.25, 0.3) is 11.2 Å². The smallest absolute Gasteiger partial charge is 0.224 e. The number of nitrogens with one attached hydrogen (secondary N) is 1. The molecule has 3 rings (SSSR count). The van der Waals surface area contributed by atoms with Gasteiger partial charge in [0.15, 0.2) is 5.65 Å². The second kappa shape index (κ2) is 4.37. The molecule has 0 aliphatic carbocycles. The Labute approximate surface area is 109 Å². The molecule has 2 aromatic rings. The lowest BCUT2D eigenvalue weighted by Crippen LogP contribution is -2.30. The first-order valence-corrected chi connectivity index (χ1v) is 6.28. The van der Waals surface area contributed by atoms with E-state index < -0.39 is 0 Å². The molecule has 1 saturated heterocycles. The van der Waals surface area contributed by atoms with Crippen molar-refractivity contribution in [2.75, 3.05) is 13.2 Å². The molecule has 1 N–H and O–H groups in total. The number of halogens is 1. The minimum Gasteiger partial charge on any atom is -0.381 e. The summed E-state index contributed by atoms with van der Waals surface area (Å²) >= 11 is 5.86. The number of imidazole rings is 1. The van der Waals surface area contributed by atoms with E-state index in [0.717, 1.165) is 37.2 Å². The van der Waals surface area contributed by atoms with Crippen molar-refractivity contribution in [1.29, 1.82) is 5.41 Å². The molecule has 96 valence electrons. The Bertz CT molecular complexity index is 641. The van der Waals surface area contributed by atoms with Crippen LogP contribution in [-0.2, 0) is 11.8 Å². The average molecular weight is 268 g/mol. The van der Waals surface area contributed by atoms with Gasteiger partial charge in [-0.2, -0.15) is 4.98 Å². The predicted octanol–water partition coefficient (Wildman–Crippen LogP) is 1.25. The minimum atomic E-state index is 0.217. The van der Waals surface area contributed by atoms with Gasteiger partial charge in [-0.3, -0.25) is 9.98 Å². The summed E-state index contributed by atoms with van der Waals surface area (Å²) in [4.78, 5) is 8.25. The first kappa shape index (κ1) is 11.7. The molecule has 7 heteroatoms. The van der Waals surface area contributed by atoms with E-state index in [1.807, 2.05) is 11.6 Å². The quantitative estimate of drug-likeness (QED) is 0.791. The number of fused-ring (bicyclic) bond motifs is 1. The summed E-state index contributed by atoms with van der Waals surface area (Å²) in [5.74, 6) is 0. The minimum absolute atomic E-state index is 0.217. The highest BCUT2D eigenvalue weighted by atomic mass is 35.5. The van der Waals surface area contributed by atoms with Gasteiger partial charge in [-0.1, -0.05) is 0 Å². The van der Waals surface area contributed by atoms with Gasteiger partial charge in [-0.05, 0) is 24.4 Å². The number of aromatic nitrogens is 4. The summed E-state index contributed by atoms with van der Waals surface area (Å²) in [7, 11) is 1.84. The lowest BCUT2D eigenvalue weighted by atomic mass is 10.1. The Hall–Kier alpha value is -1.40. The molecular formula is C11H14ClN5O. The first-order valence-electron chi connectivity index (χ1n) is 5.90. The monoisotopic (exact) mass is 267 g/mol. The molecule has 6 nitrogen and oxygen atoms in total. The van der Waals surface area contributed by atoms with Gasteiger partial charge in [0.05, 0.1) is 6.20 Å². The van der Waals surface area contributed by atoms with Crippen molar-refractivity contribution >= 4 is 22.8 Å². The summed E-state index contributed by atoms with van der Waals surface area (Å²) in [5.41, 5.74) is 1.98. The van der Waals surface area contributed by atoms with Crippen molar-refractivity contribution in [3.63, 3.8) is 0 Å². The number of rotatable bonds is 1. The molecule has 1 fully saturated rings. The summed E-state index contributed by atoms with van der Waals surface area (Å²) in [6.45, 7) is 1.46. The summed E-state index contributed by atoms with van der Waals surface area (Å²) in [6.07, 6.45) is 3.47. The molecule has 1 aliphatic heterocycles. The summed E-state index contributed by atoms with van der Waals surface area (Å²) in [5, 5.41) is 8.42. The standard InChI is InChI=1S/C11H14ClN5O/c1-16-8-6-14-10(12)15-9(8)17(11(16)13)7-2-4-18-5-3-7/h6-7,13H,2-5H2,1H3. The second-order valence-corrected chi connectivity index (χ2v) is 4.78. The molecule has 0 amide bonds. The zero-order valence-corrected chi connectivity index (χ0v) is 10.8. The summed E-state index contributed by atoms with van der Waals surface area (Å²) in [6, 6.07) is 0.251. The average Bonchev–Trinajstić information content (AvgIpc) is 2.63. The van der Waals surface area contributed by atoms with Gasteiger partial charge < -0.3 is 9.30 Å². The third-order valence-corrected chi connectivity index (χ3v) is 3.59. The maximum Gasteiger partial charge on any atom is 0.224 e. The molecular weight excluding hydrogens is 254 g/mol. The molecule has 0 saturated carbocycles. The summed E-state index contributed by atoms with van der Waals surface area (Å²) < 4.78 is 9.08. The molecule has 0 radical (unpaired) electrons. The lowest BCUT2D eigenvalue weighted by Gasteiger charge is -2.23. The molecule has 18 heavy (non-hydrogen) atoms. The number of ether oxygens (including phenoxy) is 1. The van der Waals surface area contributed by atoms with Crippen LogP contribution < -0.4 is 5.62 Å².